The van der Waals surface area contributed by atoms with Gasteiger partial charge in [-0.2, -0.15) is 0 Å². The largest absolute Gasteiger partial charge is 0.480 e. The molecule has 0 saturated heterocycles. The van der Waals surface area contributed by atoms with Gasteiger partial charge in [-0.25, -0.2) is 0 Å². The third-order valence-electron chi connectivity index (χ3n) is 3.43. The summed E-state index contributed by atoms with van der Waals surface area (Å²) in [6.45, 7) is 0. The molecule has 18 heavy (non-hydrogen) atoms. The predicted molar refractivity (Wildman–Crippen MR) is 75.4 cm³/mol. The lowest BCUT2D eigenvalue weighted by Crippen LogP contribution is -2.34. The molecule has 0 radical (unpaired) electrons. The number of carboxylic acid groups (broad SMARTS) is 1. The van der Waals surface area contributed by atoms with Gasteiger partial charge in [-0.15, -0.1) is 11.8 Å². The maximum absolute atomic E-state index is 11.7. The van der Waals surface area contributed by atoms with E-state index < -0.39 is 10.7 Å². The molecular weight excluding hydrogens is 268 g/mol. The lowest BCUT2D eigenvalue weighted by Gasteiger charge is -2.27. The molecule has 4 heteroatoms. The van der Waals surface area contributed by atoms with Crippen LogP contribution in [-0.4, -0.2) is 15.8 Å². The van der Waals surface area contributed by atoms with E-state index in [1.54, 1.807) is 0 Å². The fraction of sp³-hybridized carbons (Fsp3) is 0.500. The van der Waals surface area contributed by atoms with Crippen LogP contribution in [0.25, 0.3) is 0 Å². The summed E-state index contributed by atoms with van der Waals surface area (Å²) < 4.78 is -0.648. The molecule has 2 nitrogen and oxygen atoms in total. The lowest BCUT2D eigenvalue weighted by atomic mass is 9.99. The van der Waals surface area contributed by atoms with Crippen LogP contribution in [0.1, 0.15) is 38.5 Å². The predicted octanol–water partition coefficient (Wildman–Crippen LogP) is 4.61. The normalized spacial score (nSPS) is 19.2. The van der Waals surface area contributed by atoms with Crippen LogP contribution in [0.4, 0.5) is 0 Å². The SMILES string of the molecule is O=C(O)C1(Sc2ccc(Cl)cc2)CCCCCC1. The number of carbonyl (C=O) groups is 1. The number of carboxylic acids is 1. The number of aliphatic carboxylic acids is 1. The van der Waals surface area contributed by atoms with Gasteiger partial charge in [0, 0.05) is 9.92 Å². The molecule has 0 aromatic heterocycles. The smallest absolute Gasteiger partial charge is 0.320 e. The standard InChI is InChI=1S/C14H17ClO2S/c15-11-5-7-12(8-6-11)18-14(13(16)17)9-3-1-2-4-10-14/h5-8H,1-4,9-10H2,(H,16,17). The molecule has 0 aliphatic heterocycles. The second-order valence-electron chi connectivity index (χ2n) is 4.77. The molecular formula is C14H17ClO2S. The van der Waals surface area contributed by atoms with Gasteiger partial charge in [-0.1, -0.05) is 37.3 Å². The first-order valence-corrected chi connectivity index (χ1v) is 7.50. The van der Waals surface area contributed by atoms with Crippen LogP contribution < -0.4 is 0 Å². The first-order valence-electron chi connectivity index (χ1n) is 6.30. The summed E-state index contributed by atoms with van der Waals surface area (Å²) in [4.78, 5) is 12.6. The Morgan fingerprint density at radius 1 is 1.11 bits per heavy atom. The molecule has 1 aromatic carbocycles. The van der Waals surface area contributed by atoms with Crippen LogP contribution in [0, 0.1) is 0 Å². The molecule has 1 aliphatic carbocycles. The molecule has 1 aromatic rings. The average Bonchev–Trinajstić information content (AvgIpc) is 2.59. The van der Waals surface area contributed by atoms with Gasteiger partial charge in [-0.3, -0.25) is 4.79 Å². The molecule has 1 N–H and O–H groups in total. The Balaban J connectivity index is 2.19. The van der Waals surface area contributed by atoms with Crippen LogP contribution >= 0.6 is 23.4 Å². The first-order chi connectivity index (χ1) is 8.62. The van der Waals surface area contributed by atoms with Gasteiger partial charge in [0.1, 0.15) is 4.75 Å². The van der Waals surface area contributed by atoms with Crippen LogP contribution in [0.15, 0.2) is 29.2 Å². The Hall–Kier alpha value is -0.670. The fourth-order valence-corrected chi connectivity index (χ4v) is 3.82. The van der Waals surface area contributed by atoms with E-state index in [4.69, 9.17) is 11.6 Å². The Bertz CT molecular complexity index is 408. The molecule has 0 unspecified atom stereocenters. The number of hydrogen-bond acceptors (Lipinski definition) is 2. The fourth-order valence-electron chi connectivity index (χ4n) is 2.39. The van der Waals surface area contributed by atoms with Gasteiger partial charge in [0.2, 0.25) is 0 Å². The maximum atomic E-state index is 11.7. The van der Waals surface area contributed by atoms with Crippen molar-refractivity contribution in [2.24, 2.45) is 0 Å². The van der Waals surface area contributed by atoms with E-state index >= 15 is 0 Å². The Labute approximate surface area is 117 Å². The molecule has 98 valence electrons. The number of halogens is 1. The lowest BCUT2D eigenvalue weighted by molar-refractivity contribution is -0.140. The van der Waals surface area contributed by atoms with Crippen LogP contribution in [-0.2, 0) is 4.79 Å². The quantitative estimate of drug-likeness (QED) is 0.824. The van der Waals surface area contributed by atoms with Crippen molar-refractivity contribution in [3.63, 3.8) is 0 Å². The van der Waals surface area contributed by atoms with E-state index in [0.717, 1.165) is 43.4 Å². The summed E-state index contributed by atoms with van der Waals surface area (Å²) in [5.41, 5.74) is 0. The average molecular weight is 285 g/mol. The van der Waals surface area contributed by atoms with E-state index in [9.17, 15) is 9.90 Å². The van der Waals surface area contributed by atoms with Crippen molar-refractivity contribution in [2.45, 2.75) is 48.2 Å². The molecule has 2 rings (SSSR count). The van der Waals surface area contributed by atoms with Crippen molar-refractivity contribution in [1.82, 2.24) is 0 Å². The monoisotopic (exact) mass is 284 g/mol. The van der Waals surface area contributed by atoms with Crippen molar-refractivity contribution in [2.75, 3.05) is 0 Å². The van der Waals surface area contributed by atoms with Crippen LogP contribution in [0.5, 0.6) is 0 Å². The zero-order valence-corrected chi connectivity index (χ0v) is 11.8. The summed E-state index contributed by atoms with van der Waals surface area (Å²) in [6, 6.07) is 7.44. The first kappa shape index (κ1) is 13.8. The Morgan fingerprint density at radius 3 is 2.17 bits per heavy atom. The van der Waals surface area contributed by atoms with Gasteiger partial charge in [0.25, 0.3) is 0 Å². The summed E-state index contributed by atoms with van der Waals surface area (Å²) in [6.07, 6.45) is 5.83. The summed E-state index contributed by atoms with van der Waals surface area (Å²) in [7, 11) is 0. The van der Waals surface area contributed by atoms with Gasteiger partial charge in [-0.05, 0) is 37.1 Å². The maximum Gasteiger partial charge on any atom is 0.320 e. The molecule has 1 fully saturated rings. The molecule has 0 amide bonds. The van der Waals surface area contributed by atoms with Gasteiger partial charge < -0.3 is 5.11 Å². The summed E-state index contributed by atoms with van der Waals surface area (Å²) in [5, 5.41) is 10.3. The van der Waals surface area contributed by atoms with Gasteiger partial charge in [0.05, 0.1) is 0 Å². The highest BCUT2D eigenvalue weighted by molar-refractivity contribution is 8.01. The molecule has 0 spiro atoms. The zero-order valence-electron chi connectivity index (χ0n) is 10.2. The highest BCUT2D eigenvalue weighted by atomic mass is 35.5. The van der Waals surface area contributed by atoms with Gasteiger partial charge in [0.15, 0.2) is 0 Å². The molecule has 1 aliphatic rings. The molecule has 0 heterocycles. The minimum atomic E-state index is -0.677. The van der Waals surface area contributed by atoms with Crippen molar-refractivity contribution < 1.29 is 9.90 Å². The zero-order chi connectivity index (χ0) is 13.0. The number of hydrogen-bond donors (Lipinski definition) is 1. The van der Waals surface area contributed by atoms with Crippen molar-refractivity contribution >= 4 is 29.3 Å². The van der Waals surface area contributed by atoms with Crippen molar-refractivity contribution in [3.8, 4) is 0 Å². The topological polar surface area (TPSA) is 37.3 Å². The minimum Gasteiger partial charge on any atom is -0.480 e. The van der Waals surface area contributed by atoms with Crippen LogP contribution in [0.2, 0.25) is 5.02 Å². The number of thioether (sulfide) groups is 1. The van der Waals surface area contributed by atoms with Gasteiger partial charge >= 0.3 is 5.97 Å². The van der Waals surface area contributed by atoms with Crippen LogP contribution in [0.3, 0.4) is 0 Å². The van der Waals surface area contributed by atoms with Crippen molar-refractivity contribution in [1.29, 1.82) is 0 Å². The number of benzene rings is 1. The third-order valence-corrected chi connectivity index (χ3v) is 5.16. The summed E-state index contributed by atoms with van der Waals surface area (Å²) >= 11 is 7.34. The molecule has 0 atom stereocenters. The van der Waals surface area contributed by atoms with Crippen molar-refractivity contribution in [3.05, 3.63) is 29.3 Å². The van der Waals surface area contributed by atoms with E-state index in [-0.39, 0.29) is 0 Å². The number of rotatable bonds is 3. The highest BCUT2D eigenvalue weighted by Crippen LogP contribution is 2.43. The van der Waals surface area contributed by atoms with E-state index in [1.165, 1.54) is 11.8 Å². The second-order valence-corrected chi connectivity index (χ2v) is 6.66. The highest BCUT2D eigenvalue weighted by Gasteiger charge is 2.39. The van der Waals surface area contributed by atoms with E-state index in [1.807, 2.05) is 24.3 Å². The van der Waals surface area contributed by atoms with E-state index in [2.05, 4.69) is 0 Å². The minimum absolute atomic E-state index is 0.648. The summed E-state index contributed by atoms with van der Waals surface area (Å²) in [5.74, 6) is -0.677. The Kier molecular flexibility index (Phi) is 4.57. The third kappa shape index (κ3) is 3.21. The van der Waals surface area contributed by atoms with E-state index in [0.29, 0.717) is 5.02 Å². The molecule has 1 saturated carbocycles. The Morgan fingerprint density at radius 2 is 1.67 bits per heavy atom. The second kappa shape index (κ2) is 5.98. The molecule has 0 bridgehead atoms.